The molecule has 144 valence electrons. The third-order valence-electron chi connectivity index (χ3n) is 3.35. The van der Waals surface area contributed by atoms with Gasteiger partial charge in [-0.15, -0.1) is 4.36 Å². The Morgan fingerprint density at radius 1 is 1.15 bits per heavy atom. The van der Waals surface area contributed by atoms with E-state index in [0.717, 1.165) is 12.1 Å². The molecule has 0 aliphatic carbocycles. The van der Waals surface area contributed by atoms with Crippen LogP contribution >= 0.6 is 34.8 Å². The van der Waals surface area contributed by atoms with Crippen LogP contribution < -0.4 is 0 Å². The average molecular weight is 452 g/mol. The number of alkyl halides is 3. The molecule has 0 aromatic heterocycles. The Bertz CT molecular complexity index is 952. The first-order chi connectivity index (χ1) is 12.5. The highest BCUT2D eigenvalue weighted by Gasteiger charge is 2.37. The predicted molar refractivity (Wildman–Crippen MR) is 104 cm³/mol. The minimum Gasteiger partial charge on any atom is -0.435 e. The first kappa shape index (κ1) is 21.4. The zero-order valence-corrected chi connectivity index (χ0v) is 16.8. The maximum Gasteiger partial charge on any atom is 0.442 e. The molecule has 0 bridgehead atoms. The highest BCUT2D eigenvalue weighted by molar-refractivity contribution is 7.93. The smallest absolute Gasteiger partial charge is 0.435 e. The average Bonchev–Trinajstić information content (AvgIpc) is 2.59. The molecule has 1 amide bonds. The Balaban J connectivity index is 2.29. The van der Waals surface area contributed by atoms with E-state index in [0.29, 0.717) is 5.56 Å². The largest absolute Gasteiger partial charge is 0.442 e. The van der Waals surface area contributed by atoms with Gasteiger partial charge in [0.15, 0.2) is 6.10 Å². The predicted octanol–water partition coefficient (Wildman–Crippen LogP) is 5.30. The van der Waals surface area contributed by atoms with E-state index >= 15 is 0 Å². The minimum absolute atomic E-state index is 0.121. The van der Waals surface area contributed by atoms with Crippen molar-refractivity contribution in [3.63, 3.8) is 0 Å². The summed E-state index contributed by atoms with van der Waals surface area (Å²) in [6, 6.07) is 13.1. The van der Waals surface area contributed by atoms with Gasteiger partial charge in [0.25, 0.3) is 5.69 Å². The molecule has 2 rings (SSSR count). The second-order valence-electron chi connectivity index (χ2n) is 5.36. The number of nitro benzene ring substituents is 1. The molecule has 0 fully saturated rings. The van der Waals surface area contributed by atoms with Crippen LogP contribution in [-0.2, 0) is 14.5 Å². The number of carbonyl (C=O) groups excluding carboxylic acids is 1. The Hall–Kier alpha value is -1.87. The number of non-ortho nitro benzene ring substituents is 1. The molecule has 1 unspecified atom stereocenters. The van der Waals surface area contributed by atoms with Gasteiger partial charge >= 0.3 is 6.09 Å². The highest BCUT2D eigenvalue weighted by Crippen LogP contribution is 2.42. The summed E-state index contributed by atoms with van der Waals surface area (Å²) >= 11 is 17.7. The van der Waals surface area contributed by atoms with Crippen LogP contribution in [-0.4, -0.2) is 25.3 Å². The second kappa shape index (κ2) is 8.43. The molecule has 0 aliphatic heterocycles. The summed E-state index contributed by atoms with van der Waals surface area (Å²) in [5.74, 6) is 0. The first-order valence-corrected chi connectivity index (χ1v) is 10.4. The lowest BCUT2D eigenvalue weighted by Crippen LogP contribution is -2.22. The van der Waals surface area contributed by atoms with Gasteiger partial charge in [-0.3, -0.25) is 10.1 Å². The van der Waals surface area contributed by atoms with E-state index in [-0.39, 0.29) is 10.6 Å². The number of nitrogens with zero attached hydrogens (tertiary/aromatic N) is 2. The van der Waals surface area contributed by atoms with Crippen molar-refractivity contribution in [3.05, 3.63) is 70.3 Å². The number of ether oxygens (including phenoxy) is 1. The molecular formula is C16H13Cl3N2O5S. The summed E-state index contributed by atoms with van der Waals surface area (Å²) in [6.07, 6.45) is -1.27. The number of carbonyl (C=O) groups is 1. The van der Waals surface area contributed by atoms with Crippen molar-refractivity contribution in [2.24, 2.45) is 4.36 Å². The molecule has 11 heteroatoms. The molecule has 7 nitrogen and oxygen atoms in total. The van der Waals surface area contributed by atoms with Crippen LogP contribution in [0.3, 0.4) is 0 Å². The number of rotatable bonds is 4. The van der Waals surface area contributed by atoms with Crippen molar-refractivity contribution >= 4 is 56.3 Å². The molecule has 2 aromatic rings. The zero-order valence-electron chi connectivity index (χ0n) is 13.8. The van der Waals surface area contributed by atoms with Crippen molar-refractivity contribution in [1.82, 2.24) is 0 Å². The fourth-order valence-corrected chi connectivity index (χ4v) is 3.67. The van der Waals surface area contributed by atoms with Gasteiger partial charge in [0.2, 0.25) is 3.79 Å². The van der Waals surface area contributed by atoms with Gasteiger partial charge in [-0.2, -0.15) is 0 Å². The second-order valence-corrected chi connectivity index (χ2v) is 9.99. The third kappa shape index (κ3) is 5.80. The maximum atomic E-state index is 12.7. The van der Waals surface area contributed by atoms with E-state index in [1.807, 2.05) is 0 Å². The SMILES string of the molecule is CS(=O)(=NC(=O)O[C@@H](c1ccccc1)C(Cl)(Cl)Cl)c1ccc([N+](=O)[O-])cc1. The fraction of sp³-hybridized carbons (Fsp3) is 0.188. The molecule has 0 N–H and O–H groups in total. The molecule has 0 aliphatic rings. The van der Waals surface area contributed by atoms with Crippen LogP contribution in [0.1, 0.15) is 11.7 Å². The van der Waals surface area contributed by atoms with Gasteiger partial charge in [-0.05, 0) is 17.7 Å². The van der Waals surface area contributed by atoms with Crippen molar-refractivity contribution in [1.29, 1.82) is 0 Å². The van der Waals surface area contributed by atoms with E-state index < -0.39 is 30.6 Å². The van der Waals surface area contributed by atoms with Gasteiger partial charge in [0, 0.05) is 23.3 Å². The molecule has 2 atom stereocenters. The number of amides is 1. The topological polar surface area (TPSA) is 98.9 Å². The van der Waals surface area contributed by atoms with Crippen molar-refractivity contribution in [3.8, 4) is 0 Å². The van der Waals surface area contributed by atoms with Crippen LogP contribution in [0.15, 0.2) is 63.9 Å². The van der Waals surface area contributed by atoms with Crippen molar-refractivity contribution < 1.29 is 18.7 Å². The quantitative estimate of drug-likeness (QED) is 0.357. The van der Waals surface area contributed by atoms with Gasteiger partial charge in [0.1, 0.15) is 0 Å². The minimum atomic E-state index is -3.23. The van der Waals surface area contributed by atoms with E-state index in [9.17, 15) is 19.1 Å². The van der Waals surface area contributed by atoms with Crippen LogP contribution in [0.2, 0.25) is 0 Å². The summed E-state index contributed by atoms with van der Waals surface area (Å²) < 4.78 is 19.4. The maximum absolute atomic E-state index is 12.7. The van der Waals surface area contributed by atoms with E-state index in [1.165, 1.54) is 18.4 Å². The number of nitro groups is 1. The Labute approximate surface area is 170 Å². The Kier molecular flexibility index (Phi) is 6.69. The van der Waals surface area contributed by atoms with Crippen LogP contribution in [0, 0.1) is 10.1 Å². The van der Waals surface area contributed by atoms with Crippen molar-refractivity contribution in [2.75, 3.05) is 6.26 Å². The molecule has 0 radical (unpaired) electrons. The van der Waals surface area contributed by atoms with Gasteiger partial charge in [-0.25, -0.2) is 9.00 Å². The lowest BCUT2D eigenvalue weighted by molar-refractivity contribution is -0.384. The number of hydrogen-bond donors (Lipinski definition) is 0. The van der Waals surface area contributed by atoms with E-state index in [2.05, 4.69) is 4.36 Å². The van der Waals surface area contributed by atoms with Crippen LogP contribution in [0.5, 0.6) is 0 Å². The molecule has 0 saturated carbocycles. The van der Waals surface area contributed by atoms with Gasteiger partial charge in [0.05, 0.1) is 14.7 Å². The lowest BCUT2D eigenvalue weighted by atomic mass is 10.1. The zero-order chi connectivity index (χ0) is 20.2. The summed E-state index contributed by atoms with van der Waals surface area (Å²) in [6.45, 7) is 0. The fourth-order valence-electron chi connectivity index (χ4n) is 2.09. The molecule has 27 heavy (non-hydrogen) atoms. The number of halogens is 3. The van der Waals surface area contributed by atoms with Crippen LogP contribution in [0.25, 0.3) is 0 Å². The highest BCUT2D eigenvalue weighted by atomic mass is 35.6. The normalized spacial score (nSPS) is 14.7. The Morgan fingerprint density at radius 2 is 1.70 bits per heavy atom. The number of benzene rings is 2. The molecular weight excluding hydrogens is 439 g/mol. The first-order valence-electron chi connectivity index (χ1n) is 7.29. The standard InChI is InChI=1S/C16H13Cl3N2O5S/c1-27(25,13-9-7-12(8-10-13)21(23)24)20-15(22)26-14(16(17,18)19)11-5-3-2-4-6-11/h2-10,14H,1H3/t14-,27?/m0/s1. The van der Waals surface area contributed by atoms with Gasteiger partial charge < -0.3 is 4.74 Å². The summed E-state index contributed by atoms with van der Waals surface area (Å²) in [5, 5.41) is 10.7. The third-order valence-corrected chi connectivity index (χ3v) is 5.59. The summed E-state index contributed by atoms with van der Waals surface area (Å²) in [7, 11) is -3.23. The monoisotopic (exact) mass is 450 g/mol. The molecule has 0 saturated heterocycles. The van der Waals surface area contributed by atoms with E-state index in [1.54, 1.807) is 30.3 Å². The molecule has 2 aromatic carbocycles. The number of hydrogen-bond acceptors (Lipinski definition) is 5. The molecule has 0 heterocycles. The summed E-state index contributed by atoms with van der Waals surface area (Å²) in [4.78, 5) is 22.4. The van der Waals surface area contributed by atoms with Crippen molar-refractivity contribution in [2.45, 2.75) is 14.8 Å². The van der Waals surface area contributed by atoms with Crippen LogP contribution in [0.4, 0.5) is 10.5 Å². The summed E-state index contributed by atoms with van der Waals surface area (Å²) in [5.41, 5.74) is 0.232. The lowest BCUT2D eigenvalue weighted by Gasteiger charge is -2.23. The Morgan fingerprint density at radius 3 is 2.19 bits per heavy atom. The molecule has 0 spiro atoms. The van der Waals surface area contributed by atoms with Gasteiger partial charge in [-0.1, -0.05) is 65.1 Å². The van der Waals surface area contributed by atoms with E-state index in [4.69, 9.17) is 39.5 Å².